The number of benzene rings is 2. The number of rotatable bonds is 2. The molecule has 0 aromatic heterocycles. The molecule has 0 unspecified atom stereocenters. The van der Waals surface area contributed by atoms with Crippen LogP contribution in [0.5, 0.6) is 0 Å². The third kappa shape index (κ3) is 2.57. The van der Waals surface area contributed by atoms with Crippen LogP contribution in [0.3, 0.4) is 0 Å². The lowest BCUT2D eigenvalue weighted by Gasteiger charge is -2.37. The highest BCUT2D eigenvalue weighted by Crippen LogP contribution is 2.36. The average molecular weight is 310 g/mol. The predicted molar refractivity (Wildman–Crippen MR) is 86.1 cm³/mol. The molecule has 0 atom stereocenters. The Morgan fingerprint density at radius 3 is 2.61 bits per heavy atom. The Hall–Kier alpha value is -2.40. The molecule has 5 heteroatoms. The smallest absolute Gasteiger partial charge is 0.244 e. The summed E-state index contributed by atoms with van der Waals surface area (Å²) in [7, 11) is 0. The summed E-state index contributed by atoms with van der Waals surface area (Å²) in [5.74, 6) is 0.152. The summed E-state index contributed by atoms with van der Waals surface area (Å²) in [6.07, 6.45) is 1.80. The molecule has 1 radical (unpaired) electrons. The fourth-order valence-electron chi connectivity index (χ4n) is 3.42. The lowest BCUT2D eigenvalue weighted by atomic mass is 9.90. The number of hydrazine groups is 1. The largest absolute Gasteiger partial charge is 0.363 e. The van der Waals surface area contributed by atoms with Gasteiger partial charge in [0.05, 0.1) is 11.4 Å². The Labute approximate surface area is 134 Å². The summed E-state index contributed by atoms with van der Waals surface area (Å²) in [6, 6.07) is 14.2. The third-order valence-electron chi connectivity index (χ3n) is 4.58. The molecule has 23 heavy (non-hydrogen) atoms. The number of fused-ring (bicyclic) bond motifs is 1. The highest BCUT2D eigenvalue weighted by molar-refractivity contribution is 6.03. The van der Waals surface area contributed by atoms with Crippen molar-refractivity contribution in [2.45, 2.75) is 18.8 Å². The highest BCUT2D eigenvalue weighted by atomic mass is 19.1. The van der Waals surface area contributed by atoms with Gasteiger partial charge in [-0.15, -0.1) is 0 Å². The molecular weight excluding hydrogens is 293 g/mol. The number of piperidine rings is 1. The van der Waals surface area contributed by atoms with E-state index in [0.29, 0.717) is 5.92 Å². The second kappa shape index (κ2) is 5.66. The van der Waals surface area contributed by atoms with E-state index in [1.807, 2.05) is 35.3 Å². The first-order valence-electron chi connectivity index (χ1n) is 7.87. The second-order valence-corrected chi connectivity index (χ2v) is 5.98. The summed E-state index contributed by atoms with van der Waals surface area (Å²) in [5, 5.41) is 7.82. The van der Waals surface area contributed by atoms with Crippen molar-refractivity contribution in [3.63, 3.8) is 0 Å². The molecule has 2 heterocycles. The van der Waals surface area contributed by atoms with Crippen molar-refractivity contribution in [2.75, 3.05) is 18.1 Å². The molecule has 0 saturated carbocycles. The van der Waals surface area contributed by atoms with Crippen molar-refractivity contribution in [1.29, 1.82) is 0 Å². The Kier molecular flexibility index (Phi) is 3.50. The molecule has 2 aliphatic rings. The number of para-hydroxylation sites is 2. The molecule has 1 saturated heterocycles. The Morgan fingerprint density at radius 1 is 1.04 bits per heavy atom. The summed E-state index contributed by atoms with van der Waals surface area (Å²) < 4.78 is 13.4. The molecule has 4 nitrogen and oxygen atoms in total. The Morgan fingerprint density at radius 2 is 1.83 bits per heavy atom. The van der Waals surface area contributed by atoms with Gasteiger partial charge in [0.1, 0.15) is 5.82 Å². The molecule has 4 rings (SSSR count). The topological polar surface area (TPSA) is 37.7 Å². The van der Waals surface area contributed by atoms with E-state index in [4.69, 9.17) is 0 Å². The molecule has 0 spiro atoms. The van der Waals surface area contributed by atoms with E-state index in [0.717, 1.165) is 42.9 Å². The van der Waals surface area contributed by atoms with Crippen LogP contribution in [0, 0.1) is 5.82 Å². The van der Waals surface area contributed by atoms with Gasteiger partial charge in [0.2, 0.25) is 0 Å². The molecule has 2 aromatic carbocycles. The van der Waals surface area contributed by atoms with Crippen LogP contribution in [0.4, 0.5) is 20.6 Å². The number of urea groups is 1. The van der Waals surface area contributed by atoms with E-state index < -0.39 is 0 Å². The van der Waals surface area contributed by atoms with Crippen molar-refractivity contribution < 1.29 is 9.18 Å². The number of carbonyl (C=O) groups excluding carboxylic acids is 1. The first kappa shape index (κ1) is 14.2. The number of nitrogens with zero attached hydrogens (tertiary/aromatic N) is 3. The van der Waals surface area contributed by atoms with Gasteiger partial charge in [-0.3, -0.25) is 0 Å². The van der Waals surface area contributed by atoms with Gasteiger partial charge in [-0.2, -0.15) is 5.32 Å². The van der Waals surface area contributed by atoms with Crippen molar-refractivity contribution in [2.24, 2.45) is 0 Å². The van der Waals surface area contributed by atoms with E-state index in [9.17, 15) is 9.18 Å². The predicted octanol–water partition coefficient (Wildman–Crippen LogP) is 3.80. The van der Waals surface area contributed by atoms with Gasteiger partial charge in [-0.05, 0) is 48.6 Å². The van der Waals surface area contributed by atoms with Gasteiger partial charge >= 0.3 is 6.03 Å². The van der Waals surface area contributed by atoms with Crippen molar-refractivity contribution in [3.05, 3.63) is 59.9 Å². The zero-order chi connectivity index (χ0) is 15.8. The maximum Gasteiger partial charge on any atom is 0.363 e. The second-order valence-electron chi connectivity index (χ2n) is 5.98. The highest BCUT2D eigenvalue weighted by Gasteiger charge is 2.35. The van der Waals surface area contributed by atoms with Gasteiger partial charge < -0.3 is 0 Å². The van der Waals surface area contributed by atoms with Crippen molar-refractivity contribution >= 4 is 17.4 Å². The minimum absolute atomic E-state index is 0.188. The van der Waals surface area contributed by atoms with Gasteiger partial charge in [0.25, 0.3) is 0 Å². The molecule has 2 aliphatic heterocycles. The van der Waals surface area contributed by atoms with Crippen LogP contribution in [0.1, 0.15) is 24.3 Å². The number of carbonyl (C=O) groups is 1. The van der Waals surface area contributed by atoms with E-state index in [1.54, 1.807) is 17.1 Å². The Balaban J connectivity index is 1.49. The van der Waals surface area contributed by atoms with E-state index in [-0.39, 0.29) is 11.8 Å². The number of anilines is 1. The molecular formula is C18H17FN3O. The zero-order valence-corrected chi connectivity index (χ0v) is 12.7. The molecule has 0 N–H and O–H groups in total. The standard InChI is InChI=1S/C18H17FN3O/c19-15-5-3-4-14(12-15)13-8-10-21(11-9-13)22-17-7-2-1-6-16(17)20-18(22)23/h1-7,12-13H,8-11H2. The van der Waals surface area contributed by atoms with Gasteiger partial charge in [0, 0.05) is 13.1 Å². The summed E-state index contributed by atoms with van der Waals surface area (Å²) in [4.78, 5) is 12.2. The van der Waals surface area contributed by atoms with E-state index in [1.165, 1.54) is 6.07 Å². The number of amides is 2. The van der Waals surface area contributed by atoms with E-state index in [2.05, 4.69) is 5.32 Å². The number of hydrogen-bond acceptors (Lipinski definition) is 2. The van der Waals surface area contributed by atoms with Gasteiger partial charge in [0.15, 0.2) is 0 Å². The van der Waals surface area contributed by atoms with Crippen LogP contribution in [-0.2, 0) is 0 Å². The van der Waals surface area contributed by atoms with Gasteiger partial charge in [-0.25, -0.2) is 19.2 Å². The van der Waals surface area contributed by atoms with Crippen LogP contribution < -0.4 is 10.3 Å². The maximum atomic E-state index is 13.4. The zero-order valence-electron chi connectivity index (χ0n) is 12.7. The molecule has 1 fully saturated rings. The monoisotopic (exact) mass is 310 g/mol. The molecule has 2 aromatic rings. The van der Waals surface area contributed by atoms with Crippen LogP contribution in [-0.4, -0.2) is 24.1 Å². The summed E-state index contributed by atoms with van der Waals surface area (Å²) in [6.45, 7) is 1.52. The molecule has 2 amide bonds. The average Bonchev–Trinajstić information content (AvgIpc) is 2.91. The van der Waals surface area contributed by atoms with Crippen molar-refractivity contribution in [3.8, 4) is 0 Å². The minimum Gasteiger partial charge on any atom is -0.244 e. The fourth-order valence-corrected chi connectivity index (χ4v) is 3.42. The number of halogens is 1. The SMILES string of the molecule is O=C1[N]c2ccccc2N1N1CCC(c2cccc(F)c2)CC1. The molecule has 0 aliphatic carbocycles. The molecule has 0 bridgehead atoms. The third-order valence-corrected chi connectivity index (χ3v) is 4.58. The normalized spacial score (nSPS) is 18.8. The van der Waals surface area contributed by atoms with Gasteiger partial charge in [-0.1, -0.05) is 24.3 Å². The minimum atomic E-state index is -0.226. The summed E-state index contributed by atoms with van der Waals surface area (Å²) >= 11 is 0. The van der Waals surface area contributed by atoms with Crippen LogP contribution in [0.15, 0.2) is 48.5 Å². The fraction of sp³-hybridized carbons (Fsp3) is 0.278. The van der Waals surface area contributed by atoms with Crippen molar-refractivity contribution in [1.82, 2.24) is 10.3 Å². The number of hydrogen-bond donors (Lipinski definition) is 0. The maximum absolute atomic E-state index is 13.4. The van der Waals surface area contributed by atoms with Crippen LogP contribution >= 0.6 is 0 Å². The first-order chi connectivity index (χ1) is 11.2. The Bertz CT molecular complexity index is 741. The quantitative estimate of drug-likeness (QED) is 0.846. The van der Waals surface area contributed by atoms with Crippen LogP contribution in [0.2, 0.25) is 0 Å². The van der Waals surface area contributed by atoms with Crippen LogP contribution in [0.25, 0.3) is 0 Å². The molecule has 117 valence electrons. The lowest BCUT2D eigenvalue weighted by molar-refractivity contribution is 0.188. The van der Waals surface area contributed by atoms with E-state index >= 15 is 0 Å². The first-order valence-corrected chi connectivity index (χ1v) is 7.87. The summed E-state index contributed by atoms with van der Waals surface area (Å²) in [5.41, 5.74) is 2.62. The lowest BCUT2D eigenvalue weighted by Crippen LogP contribution is -2.49.